The molecule has 0 amide bonds. The summed E-state index contributed by atoms with van der Waals surface area (Å²) in [5.74, 6) is 1.14. The molecule has 0 radical (unpaired) electrons. The highest BCUT2D eigenvalue weighted by Gasteiger charge is 2.60. The van der Waals surface area contributed by atoms with E-state index in [4.69, 9.17) is 4.74 Å². The van der Waals surface area contributed by atoms with E-state index in [0.717, 1.165) is 29.6 Å². The molecule has 1 aromatic carbocycles. The van der Waals surface area contributed by atoms with Gasteiger partial charge >= 0.3 is 0 Å². The van der Waals surface area contributed by atoms with Gasteiger partial charge in [0.1, 0.15) is 12.3 Å². The number of fused-ring (bicyclic) bond motifs is 1. The molecule has 27 heavy (non-hydrogen) atoms. The minimum atomic E-state index is -0.137. The van der Waals surface area contributed by atoms with Crippen LogP contribution >= 0.6 is 22.6 Å². The van der Waals surface area contributed by atoms with Gasteiger partial charge in [-0.1, -0.05) is 48.5 Å². The van der Waals surface area contributed by atoms with Crippen LogP contribution in [0, 0.1) is 14.4 Å². The van der Waals surface area contributed by atoms with Gasteiger partial charge < -0.3 is 28.7 Å². The minimum Gasteiger partial charge on any atom is -1.00 e. The second kappa shape index (κ2) is 7.00. The number of rotatable bonds is 0. The molecule has 2 aliphatic rings. The second-order valence-electron chi connectivity index (χ2n) is 11.9. The average molecular weight is 597 g/mol. The quantitative estimate of drug-likeness (QED) is 0.329. The van der Waals surface area contributed by atoms with Gasteiger partial charge in [-0.05, 0) is 63.0 Å². The molecule has 1 aliphatic heterocycles. The van der Waals surface area contributed by atoms with Crippen molar-refractivity contribution in [3.63, 3.8) is 0 Å². The molecular formula is C23H37I2NO. The molecule has 0 unspecified atom stereocenters. The molecule has 3 rings (SSSR count). The maximum atomic E-state index is 7.01. The van der Waals surface area contributed by atoms with Crippen molar-refractivity contribution in [2.24, 2.45) is 10.8 Å². The largest absolute Gasteiger partial charge is 1.00 e. The van der Waals surface area contributed by atoms with Crippen LogP contribution in [0.15, 0.2) is 12.1 Å². The van der Waals surface area contributed by atoms with Gasteiger partial charge in [-0.2, -0.15) is 0 Å². The fourth-order valence-corrected chi connectivity index (χ4v) is 6.47. The fourth-order valence-electron chi connectivity index (χ4n) is 5.68. The third-order valence-electron chi connectivity index (χ3n) is 6.41. The minimum absolute atomic E-state index is 0. The van der Waals surface area contributed by atoms with E-state index < -0.39 is 0 Å². The molecule has 154 valence electrons. The summed E-state index contributed by atoms with van der Waals surface area (Å²) >= 11 is 2.49. The number of quaternary nitrogens is 1. The summed E-state index contributed by atoms with van der Waals surface area (Å²) in [6.45, 7) is 17.6. The number of halogens is 2. The highest BCUT2D eigenvalue weighted by molar-refractivity contribution is 14.1. The smallest absolute Gasteiger partial charge is 0.244 e. The molecule has 1 saturated carbocycles. The van der Waals surface area contributed by atoms with Crippen LogP contribution in [0.4, 0.5) is 0 Å². The standard InChI is InChI=1S/C23H37INO.HI/c1-20(2,3)17-10-16-12-25(8,9)23(26-19(16)18(24)11-17)14-21(4,5)13-22(6,7)15-23;/h10-11H,12-15H2,1-9H3;1H/q+1;/p-1. The first kappa shape index (κ1) is 23.7. The van der Waals surface area contributed by atoms with E-state index in [1.807, 2.05) is 0 Å². The highest BCUT2D eigenvalue weighted by Crippen LogP contribution is 2.56. The van der Waals surface area contributed by atoms with Crippen LogP contribution < -0.4 is 28.7 Å². The predicted molar refractivity (Wildman–Crippen MR) is 118 cm³/mol. The predicted octanol–water partition coefficient (Wildman–Crippen LogP) is 3.49. The van der Waals surface area contributed by atoms with Crippen molar-refractivity contribution in [2.75, 3.05) is 14.1 Å². The zero-order chi connectivity index (χ0) is 19.8. The topological polar surface area (TPSA) is 9.23 Å². The van der Waals surface area contributed by atoms with Crippen LogP contribution in [-0.2, 0) is 12.0 Å². The average Bonchev–Trinajstić information content (AvgIpc) is 2.36. The number of ether oxygens (including phenoxy) is 1. The molecule has 1 heterocycles. The summed E-state index contributed by atoms with van der Waals surface area (Å²) in [4.78, 5) is 0. The lowest BCUT2D eigenvalue weighted by Crippen LogP contribution is -3.00. The van der Waals surface area contributed by atoms with Crippen molar-refractivity contribution >= 4 is 22.6 Å². The van der Waals surface area contributed by atoms with E-state index >= 15 is 0 Å². The Balaban J connectivity index is 0.00000261. The molecule has 1 aromatic rings. The third kappa shape index (κ3) is 4.47. The molecule has 0 atom stereocenters. The van der Waals surface area contributed by atoms with E-state index in [1.54, 1.807) is 0 Å². The Morgan fingerprint density at radius 2 is 1.48 bits per heavy atom. The van der Waals surface area contributed by atoms with Crippen LogP contribution in [0.1, 0.15) is 78.9 Å². The van der Waals surface area contributed by atoms with Crippen molar-refractivity contribution in [1.29, 1.82) is 0 Å². The molecule has 1 spiro atoms. The third-order valence-corrected chi connectivity index (χ3v) is 7.22. The maximum absolute atomic E-state index is 7.01. The monoisotopic (exact) mass is 597 g/mol. The molecule has 0 bridgehead atoms. The Labute approximate surface area is 197 Å². The molecule has 1 fully saturated rings. The van der Waals surface area contributed by atoms with Crippen molar-refractivity contribution in [3.05, 3.63) is 26.8 Å². The van der Waals surface area contributed by atoms with E-state index in [9.17, 15) is 0 Å². The summed E-state index contributed by atoms with van der Waals surface area (Å²) in [6.07, 6.45) is 3.50. The van der Waals surface area contributed by atoms with Gasteiger partial charge in [0, 0.05) is 12.8 Å². The zero-order valence-corrected chi connectivity index (χ0v) is 22.9. The van der Waals surface area contributed by atoms with Gasteiger partial charge in [-0.3, -0.25) is 4.48 Å². The molecule has 0 saturated heterocycles. The van der Waals surface area contributed by atoms with Crippen LogP contribution in [0.2, 0.25) is 0 Å². The van der Waals surface area contributed by atoms with Crippen LogP contribution in [0.25, 0.3) is 0 Å². The van der Waals surface area contributed by atoms with Gasteiger partial charge in [-0.15, -0.1) is 0 Å². The molecule has 0 N–H and O–H groups in total. The summed E-state index contributed by atoms with van der Waals surface area (Å²) in [5.41, 5.74) is 3.40. The first-order valence-corrected chi connectivity index (χ1v) is 11.0. The van der Waals surface area contributed by atoms with E-state index in [2.05, 4.69) is 97.3 Å². The Kier molecular flexibility index (Phi) is 6.15. The van der Waals surface area contributed by atoms with Crippen molar-refractivity contribution < 1.29 is 33.2 Å². The molecular weight excluding hydrogens is 560 g/mol. The molecule has 0 aromatic heterocycles. The molecule has 1 aliphatic carbocycles. The van der Waals surface area contributed by atoms with Gasteiger partial charge in [0.05, 0.1) is 23.2 Å². The number of hydrogen-bond acceptors (Lipinski definition) is 1. The lowest BCUT2D eigenvalue weighted by atomic mass is 9.61. The van der Waals surface area contributed by atoms with E-state index in [1.165, 1.54) is 21.1 Å². The van der Waals surface area contributed by atoms with Crippen LogP contribution in [0.3, 0.4) is 0 Å². The van der Waals surface area contributed by atoms with Crippen LogP contribution in [-0.4, -0.2) is 24.3 Å². The summed E-state index contributed by atoms with van der Waals surface area (Å²) in [6, 6.07) is 4.72. The number of benzene rings is 1. The SMILES string of the molecule is CC1(C)CC(C)(C)CC2(C1)Oc1c(I)cc(C(C)(C)C)cc1C[N+]2(C)C.[I-]. The molecule has 4 heteroatoms. The van der Waals surface area contributed by atoms with Gasteiger partial charge in [0.15, 0.2) is 0 Å². The lowest BCUT2D eigenvalue weighted by Gasteiger charge is -2.59. The fraction of sp³-hybridized carbons (Fsp3) is 0.739. The summed E-state index contributed by atoms with van der Waals surface area (Å²) in [5, 5.41) is 0. The maximum Gasteiger partial charge on any atom is 0.244 e. The Morgan fingerprint density at radius 3 is 1.96 bits per heavy atom. The highest BCUT2D eigenvalue weighted by atomic mass is 127. The van der Waals surface area contributed by atoms with Gasteiger partial charge in [-0.25, -0.2) is 0 Å². The summed E-state index contributed by atoms with van der Waals surface area (Å²) < 4.78 is 9.19. The normalized spacial score (nSPS) is 24.5. The Morgan fingerprint density at radius 1 is 0.963 bits per heavy atom. The second-order valence-corrected chi connectivity index (χ2v) is 13.1. The summed E-state index contributed by atoms with van der Waals surface area (Å²) in [7, 11) is 4.74. The number of hydrogen-bond donors (Lipinski definition) is 0. The van der Waals surface area contributed by atoms with Crippen LogP contribution in [0.5, 0.6) is 5.75 Å². The van der Waals surface area contributed by atoms with Crippen molar-refractivity contribution in [2.45, 2.75) is 85.4 Å². The Bertz CT molecular complexity index is 713. The van der Waals surface area contributed by atoms with Gasteiger partial charge in [0.2, 0.25) is 5.72 Å². The first-order valence-electron chi connectivity index (χ1n) is 9.91. The van der Waals surface area contributed by atoms with Crippen molar-refractivity contribution in [3.8, 4) is 5.75 Å². The van der Waals surface area contributed by atoms with E-state index in [-0.39, 0.29) is 35.1 Å². The lowest BCUT2D eigenvalue weighted by molar-refractivity contribution is -0.982. The van der Waals surface area contributed by atoms with Gasteiger partial charge in [0.25, 0.3) is 0 Å². The molecule has 2 nitrogen and oxygen atoms in total. The Hall–Kier alpha value is 0.440. The zero-order valence-electron chi connectivity index (χ0n) is 18.6. The van der Waals surface area contributed by atoms with E-state index in [0.29, 0.717) is 10.8 Å². The first-order chi connectivity index (χ1) is 11.6. The number of nitrogens with zero attached hydrogens (tertiary/aromatic N) is 1. The van der Waals surface area contributed by atoms with Crippen molar-refractivity contribution in [1.82, 2.24) is 0 Å².